The van der Waals surface area contributed by atoms with E-state index in [9.17, 15) is 4.79 Å². The Balaban J connectivity index is 2.32. The Morgan fingerprint density at radius 2 is 2.00 bits per heavy atom. The van der Waals surface area contributed by atoms with Gasteiger partial charge in [0.1, 0.15) is 0 Å². The fraction of sp³-hybridized carbons (Fsp3) is 0. The zero-order valence-electron chi connectivity index (χ0n) is 8.59. The van der Waals surface area contributed by atoms with Crippen molar-refractivity contribution in [1.29, 1.82) is 0 Å². The van der Waals surface area contributed by atoms with Crippen LogP contribution in [0.1, 0.15) is 0 Å². The minimum Gasteiger partial charge on any atom is -0.246 e. The molecular formula is C11H7BrN4O. The summed E-state index contributed by atoms with van der Waals surface area (Å²) in [6.07, 6.45) is 1.67. The number of aromatic nitrogens is 4. The van der Waals surface area contributed by atoms with Crippen LogP contribution in [-0.4, -0.2) is 19.6 Å². The quantitative estimate of drug-likeness (QED) is 0.744. The van der Waals surface area contributed by atoms with E-state index in [1.807, 2.05) is 30.3 Å². The minimum absolute atomic E-state index is 0.278. The maximum Gasteiger partial charge on any atom is 0.347 e. The van der Waals surface area contributed by atoms with Crippen LogP contribution in [0.2, 0.25) is 0 Å². The summed E-state index contributed by atoms with van der Waals surface area (Å²) in [5.41, 5.74) is 1.87. The first kappa shape index (κ1) is 10.2. The summed E-state index contributed by atoms with van der Waals surface area (Å²) in [6.45, 7) is 0. The van der Waals surface area contributed by atoms with E-state index in [0.29, 0.717) is 15.9 Å². The Hall–Kier alpha value is -1.95. The number of nitrogens with zero attached hydrogens (tertiary/aromatic N) is 3. The van der Waals surface area contributed by atoms with Gasteiger partial charge in [0.15, 0.2) is 10.3 Å². The first-order chi connectivity index (χ1) is 8.25. The van der Waals surface area contributed by atoms with Crippen molar-refractivity contribution >= 4 is 21.6 Å². The fourth-order valence-electron chi connectivity index (χ4n) is 1.62. The highest BCUT2D eigenvalue weighted by Crippen LogP contribution is 2.20. The van der Waals surface area contributed by atoms with Crippen molar-refractivity contribution in [1.82, 2.24) is 19.6 Å². The first-order valence-corrected chi connectivity index (χ1v) is 5.74. The number of H-pyrrole nitrogens is 1. The lowest BCUT2D eigenvalue weighted by atomic mass is 10.2. The van der Waals surface area contributed by atoms with E-state index in [4.69, 9.17) is 0 Å². The Labute approximate surface area is 104 Å². The van der Waals surface area contributed by atoms with Crippen LogP contribution in [0.4, 0.5) is 0 Å². The van der Waals surface area contributed by atoms with Gasteiger partial charge in [-0.05, 0) is 15.9 Å². The van der Waals surface area contributed by atoms with Crippen molar-refractivity contribution in [2.24, 2.45) is 0 Å². The van der Waals surface area contributed by atoms with Crippen LogP contribution < -0.4 is 5.69 Å². The monoisotopic (exact) mass is 290 g/mol. The molecule has 0 aliphatic heterocycles. The Morgan fingerprint density at radius 1 is 1.24 bits per heavy atom. The maximum atomic E-state index is 11.5. The molecule has 0 saturated carbocycles. The summed E-state index contributed by atoms with van der Waals surface area (Å²) in [5, 5.41) is 6.25. The summed E-state index contributed by atoms with van der Waals surface area (Å²) < 4.78 is 1.97. The minimum atomic E-state index is -0.278. The normalized spacial score (nSPS) is 10.9. The largest absolute Gasteiger partial charge is 0.347 e. The molecule has 0 bridgehead atoms. The number of rotatable bonds is 1. The zero-order chi connectivity index (χ0) is 11.8. The predicted molar refractivity (Wildman–Crippen MR) is 66.7 cm³/mol. The van der Waals surface area contributed by atoms with Gasteiger partial charge < -0.3 is 0 Å². The molecule has 0 saturated heterocycles. The van der Waals surface area contributed by atoms with Crippen molar-refractivity contribution < 1.29 is 0 Å². The molecule has 84 valence electrons. The number of hydrogen-bond donors (Lipinski definition) is 1. The summed E-state index contributed by atoms with van der Waals surface area (Å²) in [5.74, 6) is 0. The van der Waals surface area contributed by atoms with Gasteiger partial charge in [-0.25, -0.2) is 19.3 Å². The lowest BCUT2D eigenvalue weighted by Gasteiger charge is -2.02. The third-order valence-electron chi connectivity index (χ3n) is 2.43. The molecule has 2 heterocycles. The number of halogens is 1. The lowest BCUT2D eigenvalue weighted by molar-refractivity contribution is 1.02. The lowest BCUT2D eigenvalue weighted by Crippen LogP contribution is -2.09. The first-order valence-electron chi connectivity index (χ1n) is 4.94. The topological polar surface area (TPSA) is 63.0 Å². The molecule has 0 fully saturated rings. The van der Waals surface area contributed by atoms with Gasteiger partial charge >= 0.3 is 5.69 Å². The molecule has 0 aliphatic rings. The molecule has 5 nitrogen and oxygen atoms in total. The number of benzene rings is 1. The van der Waals surface area contributed by atoms with Crippen LogP contribution in [0.15, 0.2) is 45.9 Å². The number of aromatic amines is 1. The Kier molecular flexibility index (Phi) is 2.29. The number of hydrogen-bond acceptors (Lipinski definition) is 3. The molecule has 17 heavy (non-hydrogen) atoms. The molecule has 2 aromatic heterocycles. The smallest absolute Gasteiger partial charge is 0.246 e. The van der Waals surface area contributed by atoms with Crippen molar-refractivity contribution in [2.75, 3.05) is 0 Å². The van der Waals surface area contributed by atoms with Gasteiger partial charge in [-0.3, -0.25) is 0 Å². The van der Waals surface area contributed by atoms with Crippen molar-refractivity contribution in [3.63, 3.8) is 0 Å². The van der Waals surface area contributed by atoms with Crippen molar-refractivity contribution in [3.8, 4) is 11.3 Å². The van der Waals surface area contributed by atoms with E-state index in [1.165, 1.54) is 4.40 Å². The summed E-state index contributed by atoms with van der Waals surface area (Å²) in [6, 6.07) is 9.65. The van der Waals surface area contributed by atoms with Crippen LogP contribution in [0.25, 0.3) is 16.9 Å². The van der Waals surface area contributed by atoms with E-state index in [-0.39, 0.29) is 5.69 Å². The Bertz CT molecular complexity index is 732. The molecule has 0 unspecified atom stereocenters. The van der Waals surface area contributed by atoms with E-state index in [1.54, 1.807) is 6.20 Å². The molecule has 0 amide bonds. The van der Waals surface area contributed by atoms with Crippen LogP contribution in [0, 0.1) is 0 Å². The van der Waals surface area contributed by atoms with Gasteiger partial charge in [0, 0.05) is 11.8 Å². The molecule has 0 radical (unpaired) electrons. The third kappa shape index (κ3) is 1.66. The predicted octanol–water partition coefficient (Wildman–Crippen LogP) is 1.85. The van der Waals surface area contributed by atoms with Gasteiger partial charge in [-0.15, -0.1) is 5.10 Å². The molecule has 3 aromatic rings. The van der Waals surface area contributed by atoms with Gasteiger partial charge in [0.05, 0.1) is 5.69 Å². The molecule has 0 aliphatic carbocycles. The zero-order valence-corrected chi connectivity index (χ0v) is 10.2. The van der Waals surface area contributed by atoms with Gasteiger partial charge in [0.2, 0.25) is 0 Å². The van der Waals surface area contributed by atoms with Gasteiger partial charge in [-0.1, -0.05) is 30.3 Å². The highest BCUT2D eigenvalue weighted by Gasteiger charge is 2.09. The van der Waals surface area contributed by atoms with E-state index >= 15 is 0 Å². The Morgan fingerprint density at radius 3 is 2.76 bits per heavy atom. The fourth-order valence-corrected chi connectivity index (χ4v) is 2.10. The number of fused-ring (bicyclic) bond motifs is 1. The standard InChI is InChI=1S/C11H7BrN4O/c12-9-10-14-15-11(17)16(10)6-8(13-9)7-4-2-1-3-5-7/h1-6H,(H,15,17). The summed E-state index contributed by atoms with van der Waals surface area (Å²) in [4.78, 5) is 15.9. The maximum absolute atomic E-state index is 11.5. The van der Waals surface area contributed by atoms with Crippen molar-refractivity contribution in [3.05, 3.63) is 51.6 Å². The van der Waals surface area contributed by atoms with Crippen LogP contribution >= 0.6 is 15.9 Å². The molecule has 6 heteroatoms. The average molecular weight is 291 g/mol. The SMILES string of the molecule is O=c1[nH]nc2c(Br)nc(-c3ccccc3)cn12. The van der Waals surface area contributed by atoms with Crippen molar-refractivity contribution in [2.45, 2.75) is 0 Å². The van der Waals surface area contributed by atoms with Crippen LogP contribution in [0.5, 0.6) is 0 Å². The number of nitrogens with one attached hydrogen (secondary N) is 1. The van der Waals surface area contributed by atoms with E-state index in [2.05, 4.69) is 31.1 Å². The highest BCUT2D eigenvalue weighted by molar-refractivity contribution is 9.10. The van der Waals surface area contributed by atoms with Gasteiger partial charge in [-0.2, -0.15) is 0 Å². The third-order valence-corrected chi connectivity index (χ3v) is 2.96. The molecule has 0 atom stereocenters. The van der Waals surface area contributed by atoms with Crippen LogP contribution in [0.3, 0.4) is 0 Å². The summed E-state index contributed by atoms with van der Waals surface area (Å²) >= 11 is 3.30. The van der Waals surface area contributed by atoms with Gasteiger partial charge in [0.25, 0.3) is 0 Å². The van der Waals surface area contributed by atoms with E-state index in [0.717, 1.165) is 5.56 Å². The second-order valence-electron chi connectivity index (χ2n) is 3.51. The molecule has 0 spiro atoms. The molecular weight excluding hydrogens is 284 g/mol. The highest BCUT2D eigenvalue weighted by atomic mass is 79.9. The second kappa shape index (κ2) is 3.81. The second-order valence-corrected chi connectivity index (χ2v) is 4.26. The molecule has 1 N–H and O–H groups in total. The summed E-state index contributed by atoms with van der Waals surface area (Å²) in [7, 11) is 0. The van der Waals surface area contributed by atoms with E-state index < -0.39 is 0 Å². The average Bonchev–Trinajstić information content (AvgIpc) is 2.73. The molecule has 3 rings (SSSR count). The van der Waals surface area contributed by atoms with Crippen LogP contribution in [-0.2, 0) is 0 Å². The molecule has 1 aromatic carbocycles.